The Morgan fingerprint density at radius 1 is 1.41 bits per heavy atom. The summed E-state index contributed by atoms with van der Waals surface area (Å²) in [4.78, 5) is 14.2. The van der Waals surface area contributed by atoms with E-state index >= 15 is 0 Å². The monoisotopic (exact) mass is 317 g/mol. The molecule has 4 heteroatoms. The summed E-state index contributed by atoms with van der Waals surface area (Å²) in [5.74, 6) is 0.666. The molecule has 0 aliphatic rings. The molecule has 1 heterocycles. The fraction of sp³-hybridized carbons (Fsp3) is 0.615. The standard InChI is InChI=1S/C13H20BrNOS/c1-4-10(5-2)11(14)8-15-13(16)12-7-6-9(3)17-12/h6-7,10-11H,4-5,8H2,1-3H3,(H,15,16). The Hall–Kier alpha value is -0.350. The second-order valence-electron chi connectivity index (χ2n) is 4.21. The summed E-state index contributed by atoms with van der Waals surface area (Å²) in [6.07, 6.45) is 2.28. The molecule has 1 unspecified atom stereocenters. The summed E-state index contributed by atoms with van der Waals surface area (Å²) < 4.78 is 0. The molecule has 0 fully saturated rings. The lowest BCUT2D eigenvalue weighted by Gasteiger charge is -2.19. The summed E-state index contributed by atoms with van der Waals surface area (Å²) in [6, 6.07) is 3.86. The smallest absolute Gasteiger partial charge is 0.261 e. The number of halogens is 1. The Bertz CT molecular complexity index is 360. The van der Waals surface area contributed by atoms with Crippen molar-refractivity contribution >= 4 is 33.2 Å². The van der Waals surface area contributed by atoms with Crippen molar-refractivity contribution in [2.75, 3.05) is 6.54 Å². The predicted octanol–water partition coefficient (Wildman–Crippen LogP) is 3.99. The summed E-state index contributed by atoms with van der Waals surface area (Å²) in [7, 11) is 0. The van der Waals surface area contributed by atoms with Gasteiger partial charge in [0, 0.05) is 16.2 Å². The van der Waals surface area contributed by atoms with E-state index in [-0.39, 0.29) is 5.91 Å². The molecule has 1 N–H and O–H groups in total. The van der Waals surface area contributed by atoms with Gasteiger partial charge in [0.25, 0.3) is 5.91 Å². The lowest BCUT2D eigenvalue weighted by molar-refractivity contribution is 0.0956. The first-order chi connectivity index (χ1) is 8.08. The third kappa shape index (κ3) is 4.43. The first kappa shape index (κ1) is 14.7. The quantitative estimate of drug-likeness (QED) is 0.790. The van der Waals surface area contributed by atoms with E-state index in [0.717, 1.165) is 17.7 Å². The maximum absolute atomic E-state index is 11.8. The number of alkyl halides is 1. The Balaban J connectivity index is 2.43. The van der Waals surface area contributed by atoms with Crippen LogP contribution in [0.25, 0.3) is 0 Å². The molecule has 0 saturated carbocycles. The summed E-state index contributed by atoms with van der Waals surface area (Å²) in [6.45, 7) is 7.08. The molecular formula is C13H20BrNOS. The van der Waals surface area contributed by atoms with Gasteiger partial charge in [0.1, 0.15) is 0 Å². The normalized spacial score (nSPS) is 12.8. The third-order valence-electron chi connectivity index (χ3n) is 2.98. The van der Waals surface area contributed by atoms with Gasteiger partial charge in [-0.1, -0.05) is 42.6 Å². The van der Waals surface area contributed by atoms with Crippen LogP contribution >= 0.6 is 27.3 Å². The van der Waals surface area contributed by atoms with Crippen molar-refractivity contribution in [2.24, 2.45) is 5.92 Å². The van der Waals surface area contributed by atoms with Crippen molar-refractivity contribution < 1.29 is 4.79 Å². The number of aryl methyl sites for hydroxylation is 1. The zero-order chi connectivity index (χ0) is 12.8. The molecule has 0 bridgehead atoms. The molecule has 0 aliphatic heterocycles. The number of thiophene rings is 1. The van der Waals surface area contributed by atoms with Gasteiger partial charge in [0.15, 0.2) is 0 Å². The van der Waals surface area contributed by atoms with E-state index in [4.69, 9.17) is 0 Å². The minimum absolute atomic E-state index is 0.0403. The van der Waals surface area contributed by atoms with Crippen LogP contribution in [-0.4, -0.2) is 17.3 Å². The van der Waals surface area contributed by atoms with Gasteiger partial charge < -0.3 is 5.32 Å². The second kappa shape index (κ2) is 7.17. The highest BCUT2D eigenvalue weighted by molar-refractivity contribution is 9.09. The number of amides is 1. The highest BCUT2D eigenvalue weighted by Gasteiger charge is 2.16. The number of hydrogen-bond acceptors (Lipinski definition) is 2. The maximum Gasteiger partial charge on any atom is 0.261 e. The molecule has 1 amide bonds. The largest absolute Gasteiger partial charge is 0.350 e. The number of nitrogens with one attached hydrogen (secondary N) is 1. The number of rotatable bonds is 6. The van der Waals surface area contributed by atoms with Crippen LogP contribution in [-0.2, 0) is 0 Å². The van der Waals surface area contributed by atoms with Crippen LogP contribution in [0.5, 0.6) is 0 Å². The third-order valence-corrected chi connectivity index (χ3v) is 5.05. The number of hydrogen-bond donors (Lipinski definition) is 1. The lowest BCUT2D eigenvalue weighted by Crippen LogP contribution is -2.32. The van der Waals surface area contributed by atoms with Crippen LogP contribution in [0, 0.1) is 12.8 Å². The topological polar surface area (TPSA) is 29.1 Å². The number of carbonyl (C=O) groups is 1. The minimum atomic E-state index is 0.0403. The van der Waals surface area contributed by atoms with E-state index in [1.54, 1.807) is 11.3 Å². The molecule has 1 atom stereocenters. The van der Waals surface area contributed by atoms with Gasteiger partial charge in [-0.05, 0) is 25.0 Å². The molecule has 2 nitrogen and oxygen atoms in total. The molecule has 0 spiro atoms. The second-order valence-corrected chi connectivity index (χ2v) is 6.68. The lowest BCUT2D eigenvalue weighted by atomic mass is 9.99. The maximum atomic E-state index is 11.8. The Morgan fingerprint density at radius 3 is 2.53 bits per heavy atom. The van der Waals surface area contributed by atoms with Gasteiger partial charge in [-0.2, -0.15) is 0 Å². The molecular weight excluding hydrogens is 298 g/mol. The van der Waals surface area contributed by atoms with Crippen molar-refractivity contribution in [3.05, 3.63) is 21.9 Å². The van der Waals surface area contributed by atoms with Crippen LogP contribution in [0.1, 0.15) is 41.2 Å². The van der Waals surface area contributed by atoms with Gasteiger partial charge in [-0.3, -0.25) is 4.79 Å². The van der Waals surface area contributed by atoms with Crippen molar-refractivity contribution in [1.82, 2.24) is 5.32 Å². The fourth-order valence-electron chi connectivity index (χ4n) is 1.80. The van der Waals surface area contributed by atoms with E-state index in [2.05, 4.69) is 35.1 Å². The highest BCUT2D eigenvalue weighted by atomic mass is 79.9. The molecule has 96 valence electrons. The molecule has 0 aliphatic carbocycles. The van der Waals surface area contributed by atoms with Crippen molar-refractivity contribution in [1.29, 1.82) is 0 Å². The zero-order valence-electron chi connectivity index (χ0n) is 10.6. The molecule has 17 heavy (non-hydrogen) atoms. The first-order valence-corrected chi connectivity index (χ1v) is 7.80. The van der Waals surface area contributed by atoms with Gasteiger partial charge in [0.05, 0.1) is 4.88 Å². The SMILES string of the molecule is CCC(CC)C(Br)CNC(=O)c1ccc(C)s1. The van der Waals surface area contributed by atoms with Gasteiger partial charge in [-0.25, -0.2) is 0 Å². The van der Waals surface area contributed by atoms with Crippen molar-refractivity contribution in [3.63, 3.8) is 0 Å². The van der Waals surface area contributed by atoms with Crippen molar-refractivity contribution in [3.8, 4) is 0 Å². The van der Waals surface area contributed by atoms with E-state index in [0.29, 0.717) is 17.3 Å². The van der Waals surface area contributed by atoms with Crippen LogP contribution in [0.2, 0.25) is 0 Å². The summed E-state index contributed by atoms with van der Waals surface area (Å²) >= 11 is 5.20. The van der Waals surface area contributed by atoms with E-state index < -0.39 is 0 Å². The van der Waals surface area contributed by atoms with Crippen LogP contribution in [0.4, 0.5) is 0 Å². The van der Waals surface area contributed by atoms with Gasteiger partial charge in [0.2, 0.25) is 0 Å². The van der Waals surface area contributed by atoms with Gasteiger partial charge >= 0.3 is 0 Å². The van der Waals surface area contributed by atoms with Gasteiger partial charge in [-0.15, -0.1) is 11.3 Å². The Morgan fingerprint density at radius 2 is 2.06 bits per heavy atom. The van der Waals surface area contributed by atoms with Crippen LogP contribution in [0.15, 0.2) is 12.1 Å². The summed E-state index contributed by atoms with van der Waals surface area (Å²) in [5, 5.41) is 2.99. The Labute approximate surface area is 116 Å². The van der Waals surface area contributed by atoms with E-state index in [1.165, 1.54) is 4.88 Å². The molecule has 1 rings (SSSR count). The molecule has 1 aromatic rings. The van der Waals surface area contributed by atoms with E-state index in [9.17, 15) is 4.79 Å². The van der Waals surface area contributed by atoms with Crippen LogP contribution < -0.4 is 5.32 Å². The molecule has 0 aromatic carbocycles. The average molecular weight is 318 g/mol. The predicted molar refractivity (Wildman–Crippen MR) is 78.2 cm³/mol. The first-order valence-electron chi connectivity index (χ1n) is 6.07. The summed E-state index contributed by atoms with van der Waals surface area (Å²) in [5.41, 5.74) is 0. The van der Waals surface area contributed by atoms with Crippen molar-refractivity contribution in [2.45, 2.75) is 38.4 Å². The molecule has 0 saturated heterocycles. The average Bonchev–Trinajstić information content (AvgIpc) is 2.74. The van der Waals surface area contributed by atoms with Crippen LogP contribution in [0.3, 0.4) is 0 Å². The minimum Gasteiger partial charge on any atom is -0.350 e. The fourth-order valence-corrected chi connectivity index (χ4v) is 3.49. The van der Waals surface area contributed by atoms with E-state index in [1.807, 2.05) is 19.1 Å². The highest BCUT2D eigenvalue weighted by Crippen LogP contribution is 2.20. The molecule has 0 radical (unpaired) electrons. The number of carbonyl (C=O) groups excluding carboxylic acids is 1. The zero-order valence-corrected chi connectivity index (χ0v) is 13.0. The molecule has 1 aromatic heterocycles. The Kier molecular flexibility index (Phi) is 6.20.